The van der Waals surface area contributed by atoms with Gasteiger partial charge in [-0.15, -0.1) is 0 Å². The molecule has 0 unspecified atom stereocenters. The Morgan fingerprint density at radius 3 is 2.60 bits per heavy atom. The molecule has 4 heteroatoms. The summed E-state index contributed by atoms with van der Waals surface area (Å²) in [5.74, 6) is 0.0558. The second-order valence-corrected chi connectivity index (χ2v) is 5.37. The van der Waals surface area contributed by atoms with Crippen LogP contribution in [0.1, 0.15) is 24.8 Å². The molecule has 0 atom stereocenters. The van der Waals surface area contributed by atoms with Crippen LogP contribution in [-0.4, -0.2) is 23.3 Å². The molecule has 0 amide bonds. The Labute approximate surface area is 116 Å². The van der Waals surface area contributed by atoms with Gasteiger partial charge in [0.25, 0.3) is 0 Å². The fourth-order valence-electron chi connectivity index (χ4n) is 2.90. The Bertz CT molecular complexity index is 686. The van der Waals surface area contributed by atoms with E-state index in [0.717, 1.165) is 23.8 Å². The van der Waals surface area contributed by atoms with Crippen molar-refractivity contribution in [2.45, 2.75) is 24.7 Å². The second kappa shape index (κ2) is 4.40. The van der Waals surface area contributed by atoms with Gasteiger partial charge in [-0.2, -0.15) is 0 Å². The van der Waals surface area contributed by atoms with E-state index in [1.165, 1.54) is 0 Å². The third kappa shape index (κ3) is 1.88. The summed E-state index contributed by atoms with van der Waals surface area (Å²) in [7, 11) is 1.59. The molecule has 1 fully saturated rings. The van der Waals surface area contributed by atoms with Crippen LogP contribution in [0.25, 0.3) is 10.8 Å². The van der Waals surface area contributed by atoms with E-state index in [0.29, 0.717) is 11.1 Å². The van der Waals surface area contributed by atoms with Crippen molar-refractivity contribution in [3.8, 4) is 11.5 Å². The van der Waals surface area contributed by atoms with E-state index in [1.54, 1.807) is 7.11 Å². The first-order valence-corrected chi connectivity index (χ1v) is 6.58. The molecule has 4 nitrogen and oxygen atoms in total. The maximum Gasteiger partial charge on any atom is 0.304 e. The molecule has 2 N–H and O–H groups in total. The fraction of sp³-hybridized carbons (Fsp3) is 0.312. The highest BCUT2D eigenvalue weighted by molar-refractivity contribution is 5.94. The molecule has 0 aromatic heterocycles. The molecular weight excluding hydrogens is 256 g/mol. The summed E-state index contributed by atoms with van der Waals surface area (Å²) < 4.78 is 5.28. The van der Waals surface area contributed by atoms with Gasteiger partial charge in [-0.3, -0.25) is 4.79 Å². The molecule has 0 heterocycles. The van der Waals surface area contributed by atoms with Crippen molar-refractivity contribution in [3.63, 3.8) is 0 Å². The molecule has 2 aromatic carbocycles. The van der Waals surface area contributed by atoms with E-state index in [1.807, 2.05) is 30.3 Å². The molecule has 1 aliphatic rings. The fourth-order valence-corrected chi connectivity index (χ4v) is 2.90. The van der Waals surface area contributed by atoms with E-state index in [2.05, 4.69) is 0 Å². The summed E-state index contributed by atoms with van der Waals surface area (Å²) in [5.41, 5.74) is 0.341. The van der Waals surface area contributed by atoms with Gasteiger partial charge in [0.2, 0.25) is 0 Å². The molecule has 0 spiro atoms. The van der Waals surface area contributed by atoms with Crippen LogP contribution in [0.4, 0.5) is 0 Å². The third-order valence-electron chi connectivity index (χ3n) is 4.13. The predicted octanol–water partition coefficient (Wildman–Crippen LogP) is 3.06. The number of ether oxygens (including phenoxy) is 1. The quantitative estimate of drug-likeness (QED) is 0.897. The Hall–Kier alpha value is -2.23. The van der Waals surface area contributed by atoms with Gasteiger partial charge in [-0.25, -0.2) is 0 Å². The van der Waals surface area contributed by atoms with E-state index in [9.17, 15) is 9.90 Å². The van der Waals surface area contributed by atoms with Crippen molar-refractivity contribution in [1.29, 1.82) is 0 Å². The first-order chi connectivity index (χ1) is 9.57. The summed E-state index contributed by atoms with van der Waals surface area (Å²) in [4.78, 5) is 11.0. The topological polar surface area (TPSA) is 66.8 Å². The zero-order chi connectivity index (χ0) is 14.3. The number of aliphatic carboxylic acids is 1. The SMILES string of the molecule is COc1cccc2c(O)c(C3(CC(=O)O)CC3)ccc12. The number of phenols is 1. The Kier molecular flexibility index (Phi) is 2.82. The zero-order valence-corrected chi connectivity index (χ0v) is 11.2. The number of hydrogen-bond acceptors (Lipinski definition) is 3. The van der Waals surface area contributed by atoms with Gasteiger partial charge in [0.05, 0.1) is 13.5 Å². The van der Waals surface area contributed by atoms with Crippen LogP contribution < -0.4 is 4.74 Å². The molecule has 0 radical (unpaired) electrons. The number of carboxylic acids is 1. The van der Waals surface area contributed by atoms with E-state index in [4.69, 9.17) is 9.84 Å². The number of carbonyl (C=O) groups is 1. The van der Waals surface area contributed by atoms with Gasteiger partial charge in [-0.05, 0) is 18.9 Å². The first-order valence-electron chi connectivity index (χ1n) is 6.58. The van der Waals surface area contributed by atoms with Crippen LogP contribution in [0.15, 0.2) is 30.3 Å². The maximum atomic E-state index is 11.0. The van der Waals surface area contributed by atoms with Crippen molar-refractivity contribution in [3.05, 3.63) is 35.9 Å². The molecule has 20 heavy (non-hydrogen) atoms. The van der Waals surface area contributed by atoms with Crippen molar-refractivity contribution in [2.75, 3.05) is 7.11 Å². The highest BCUT2D eigenvalue weighted by atomic mass is 16.5. The lowest BCUT2D eigenvalue weighted by Gasteiger charge is -2.17. The van der Waals surface area contributed by atoms with Gasteiger partial charge in [0, 0.05) is 21.8 Å². The maximum absolute atomic E-state index is 11.0. The van der Waals surface area contributed by atoms with Crippen molar-refractivity contribution < 1.29 is 19.7 Å². The minimum absolute atomic E-state index is 0.0655. The number of phenolic OH excluding ortho intramolecular Hbond substituents is 1. The molecule has 1 aliphatic carbocycles. The molecule has 0 bridgehead atoms. The first kappa shape index (κ1) is 12.8. The molecule has 0 aliphatic heterocycles. The summed E-state index contributed by atoms with van der Waals surface area (Å²) >= 11 is 0. The summed E-state index contributed by atoms with van der Waals surface area (Å²) in [6, 6.07) is 9.21. The number of fused-ring (bicyclic) bond motifs is 1. The molecule has 1 saturated carbocycles. The highest BCUT2D eigenvalue weighted by Crippen LogP contribution is 2.55. The Balaban J connectivity index is 2.15. The third-order valence-corrected chi connectivity index (χ3v) is 4.13. The lowest BCUT2D eigenvalue weighted by atomic mass is 9.89. The number of aromatic hydroxyl groups is 1. The van der Waals surface area contributed by atoms with Gasteiger partial charge >= 0.3 is 5.97 Å². The Morgan fingerprint density at radius 2 is 2.00 bits per heavy atom. The zero-order valence-electron chi connectivity index (χ0n) is 11.2. The molecule has 2 aromatic rings. The number of benzene rings is 2. The van der Waals surface area contributed by atoms with Crippen LogP contribution in [-0.2, 0) is 10.2 Å². The van der Waals surface area contributed by atoms with Crippen LogP contribution in [0.2, 0.25) is 0 Å². The summed E-state index contributed by atoms with van der Waals surface area (Å²) in [6.45, 7) is 0. The number of hydrogen-bond donors (Lipinski definition) is 2. The van der Waals surface area contributed by atoms with E-state index < -0.39 is 11.4 Å². The largest absolute Gasteiger partial charge is 0.507 e. The van der Waals surface area contributed by atoms with Crippen LogP contribution in [0.5, 0.6) is 11.5 Å². The van der Waals surface area contributed by atoms with Crippen LogP contribution in [0.3, 0.4) is 0 Å². The van der Waals surface area contributed by atoms with Crippen LogP contribution >= 0.6 is 0 Å². The molecule has 104 valence electrons. The van der Waals surface area contributed by atoms with Crippen molar-refractivity contribution >= 4 is 16.7 Å². The minimum atomic E-state index is -0.826. The van der Waals surface area contributed by atoms with Gasteiger partial charge in [0.1, 0.15) is 11.5 Å². The average Bonchev–Trinajstić information content (AvgIpc) is 3.18. The minimum Gasteiger partial charge on any atom is -0.507 e. The van der Waals surface area contributed by atoms with E-state index in [-0.39, 0.29) is 12.2 Å². The Morgan fingerprint density at radius 1 is 1.25 bits per heavy atom. The van der Waals surface area contributed by atoms with Crippen molar-refractivity contribution in [2.24, 2.45) is 0 Å². The van der Waals surface area contributed by atoms with Crippen LogP contribution in [0, 0.1) is 0 Å². The van der Waals surface area contributed by atoms with Crippen molar-refractivity contribution in [1.82, 2.24) is 0 Å². The summed E-state index contributed by atoms with van der Waals surface area (Å²) in [6.07, 6.45) is 1.68. The number of carboxylic acid groups (broad SMARTS) is 1. The normalized spacial score (nSPS) is 16.1. The lowest BCUT2D eigenvalue weighted by Crippen LogP contribution is -2.13. The van der Waals surface area contributed by atoms with E-state index >= 15 is 0 Å². The predicted molar refractivity (Wildman–Crippen MR) is 75.3 cm³/mol. The smallest absolute Gasteiger partial charge is 0.304 e. The standard InChI is InChI=1S/C16H16O4/c1-20-13-4-2-3-11-10(13)5-6-12(15(11)19)16(7-8-16)9-14(17)18/h2-6,19H,7-9H2,1H3,(H,17,18). The monoisotopic (exact) mass is 272 g/mol. The lowest BCUT2D eigenvalue weighted by molar-refractivity contribution is -0.137. The molecule has 3 rings (SSSR count). The number of methoxy groups -OCH3 is 1. The summed E-state index contributed by atoms with van der Waals surface area (Å²) in [5, 5.41) is 21.1. The highest BCUT2D eigenvalue weighted by Gasteiger charge is 2.47. The van der Waals surface area contributed by atoms with Gasteiger partial charge in [-0.1, -0.05) is 24.3 Å². The number of rotatable bonds is 4. The van der Waals surface area contributed by atoms with Gasteiger partial charge in [0.15, 0.2) is 0 Å². The average molecular weight is 272 g/mol. The second-order valence-electron chi connectivity index (χ2n) is 5.37. The molecular formula is C16H16O4. The molecule has 0 saturated heterocycles. The van der Waals surface area contributed by atoms with Gasteiger partial charge < -0.3 is 14.9 Å².